The van der Waals surface area contributed by atoms with Crippen molar-refractivity contribution < 1.29 is 4.74 Å². The first-order chi connectivity index (χ1) is 9.20. The minimum Gasteiger partial charge on any atom is -0.475 e. The fraction of sp³-hybridized carbons (Fsp3) is 0.688. The van der Waals surface area contributed by atoms with Gasteiger partial charge < -0.3 is 4.74 Å². The van der Waals surface area contributed by atoms with Gasteiger partial charge in [0.15, 0.2) is 0 Å². The maximum absolute atomic E-state index is 5.61. The second-order valence-electron chi connectivity index (χ2n) is 5.64. The van der Waals surface area contributed by atoms with Crippen molar-refractivity contribution in [2.24, 2.45) is 0 Å². The van der Waals surface area contributed by atoms with E-state index in [0.717, 1.165) is 5.88 Å². The number of aromatic nitrogens is 1. The zero-order valence-electron chi connectivity index (χ0n) is 12.4. The van der Waals surface area contributed by atoms with E-state index in [1.807, 2.05) is 26.1 Å². The summed E-state index contributed by atoms with van der Waals surface area (Å²) in [4.78, 5) is 7.04. The average molecular weight is 262 g/mol. The zero-order valence-corrected chi connectivity index (χ0v) is 12.4. The molecule has 2 heterocycles. The molecule has 0 spiro atoms. The molecule has 0 bridgehead atoms. The quantitative estimate of drug-likeness (QED) is 0.807. The van der Waals surface area contributed by atoms with Crippen LogP contribution in [-0.4, -0.2) is 29.1 Å². The SMILES string of the molecule is CCCN1CCCC[C@@H]1c1ccc(OC(C)C)nc1. The van der Waals surface area contributed by atoms with Crippen LogP contribution in [0.25, 0.3) is 0 Å². The minimum atomic E-state index is 0.185. The molecule has 1 aromatic rings. The van der Waals surface area contributed by atoms with Crippen LogP contribution in [0.5, 0.6) is 5.88 Å². The number of hydrogen-bond acceptors (Lipinski definition) is 3. The summed E-state index contributed by atoms with van der Waals surface area (Å²) in [5.41, 5.74) is 1.34. The maximum Gasteiger partial charge on any atom is 0.213 e. The van der Waals surface area contributed by atoms with Gasteiger partial charge >= 0.3 is 0 Å². The lowest BCUT2D eigenvalue weighted by Crippen LogP contribution is -2.34. The van der Waals surface area contributed by atoms with E-state index in [1.54, 1.807) is 0 Å². The highest BCUT2D eigenvalue weighted by Gasteiger charge is 2.23. The molecule has 1 aromatic heterocycles. The Kier molecular flexibility index (Phi) is 5.20. The molecule has 0 aromatic carbocycles. The summed E-state index contributed by atoms with van der Waals surface area (Å²) in [6, 6.07) is 4.74. The summed E-state index contributed by atoms with van der Waals surface area (Å²) in [5, 5.41) is 0. The molecule has 1 aliphatic rings. The summed E-state index contributed by atoms with van der Waals surface area (Å²) >= 11 is 0. The number of pyridine rings is 1. The fourth-order valence-corrected chi connectivity index (χ4v) is 2.82. The Morgan fingerprint density at radius 2 is 2.21 bits per heavy atom. The van der Waals surface area contributed by atoms with Gasteiger partial charge in [0.05, 0.1) is 6.10 Å². The van der Waals surface area contributed by atoms with Crippen LogP contribution in [0.4, 0.5) is 0 Å². The van der Waals surface area contributed by atoms with Crippen molar-refractivity contribution >= 4 is 0 Å². The average Bonchev–Trinajstić information content (AvgIpc) is 2.40. The van der Waals surface area contributed by atoms with Crippen molar-refractivity contribution in [2.75, 3.05) is 13.1 Å². The molecule has 2 rings (SSSR count). The minimum absolute atomic E-state index is 0.185. The van der Waals surface area contributed by atoms with Crippen LogP contribution < -0.4 is 4.74 Å². The van der Waals surface area contributed by atoms with Crippen LogP contribution in [0, 0.1) is 0 Å². The first-order valence-electron chi connectivity index (χ1n) is 7.57. The molecule has 3 nitrogen and oxygen atoms in total. The highest BCUT2D eigenvalue weighted by molar-refractivity contribution is 5.21. The highest BCUT2D eigenvalue weighted by atomic mass is 16.5. The second kappa shape index (κ2) is 6.90. The predicted molar refractivity (Wildman–Crippen MR) is 78.5 cm³/mol. The Morgan fingerprint density at radius 1 is 1.37 bits per heavy atom. The highest BCUT2D eigenvalue weighted by Crippen LogP contribution is 2.31. The maximum atomic E-state index is 5.61. The van der Waals surface area contributed by atoms with Crippen LogP contribution in [-0.2, 0) is 0 Å². The van der Waals surface area contributed by atoms with E-state index in [1.165, 1.54) is 44.3 Å². The molecule has 1 fully saturated rings. The standard InChI is InChI=1S/C16H26N2O/c1-4-10-18-11-6-5-7-15(18)14-8-9-16(17-12-14)19-13(2)3/h8-9,12-13,15H,4-7,10-11H2,1-3H3/t15-/m1/s1. The van der Waals surface area contributed by atoms with Gasteiger partial charge in [0.2, 0.25) is 5.88 Å². The Balaban J connectivity index is 2.06. The summed E-state index contributed by atoms with van der Waals surface area (Å²) in [7, 11) is 0. The van der Waals surface area contributed by atoms with Gasteiger partial charge in [-0.2, -0.15) is 0 Å². The van der Waals surface area contributed by atoms with Crippen molar-refractivity contribution in [1.29, 1.82) is 0 Å². The van der Waals surface area contributed by atoms with Gasteiger partial charge in [0, 0.05) is 18.3 Å². The topological polar surface area (TPSA) is 25.4 Å². The largest absolute Gasteiger partial charge is 0.475 e. The van der Waals surface area contributed by atoms with Crippen LogP contribution in [0.15, 0.2) is 18.3 Å². The monoisotopic (exact) mass is 262 g/mol. The molecule has 1 atom stereocenters. The third-order valence-electron chi connectivity index (χ3n) is 3.62. The van der Waals surface area contributed by atoms with E-state index in [4.69, 9.17) is 4.74 Å². The molecular weight excluding hydrogens is 236 g/mol. The van der Waals surface area contributed by atoms with Crippen molar-refractivity contribution in [3.63, 3.8) is 0 Å². The van der Waals surface area contributed by atoms with E-state index >= 15 is 0 Å². The van der Waals surface area contributed by atoms with Crippen LogP contribution >= 0.6 is 0 Å². The molecule has 106 valence electrons. The predicted octanol–water partition coefficient (Wildman–Crippen LogP) is 3.81. The number of nitrogens with zero attached hydrogens (tertiary/aromatic N) is 2. The summed E-state index contributed by atoms with van der Waals surface area (Å²) in [5.74, 6) is 0.733. The molecule has 19 heavy (non-hydrogen) atoms. The Labute approximate surface area is 117 Å². The summed E-state index contributed by atoms with van der Waals surface area (Å²) in [6.45, 7) is 8.72. The normalized spacial score (nSPS) is 20.7. The van der Waals surface area contributed by atoms with Crippen LogP contribution in [0.2, 0.25) is 0 Å². The molecule has 1 aliphatic heterocycles. The van der Waals surface area contributed by atoms with Crippen molar-refractivity contribution in [3.05, 3.63) is 23.9 Å². The molecule has 1 saturated heterocycles. The first-order valence-corrected chi connectivity index (χ1v) is 7.57. The Hall–Kier alpha value is -1.09. The van der Waals surface area contributed by atoms with Gasteiger partial charge in [-0.25, -0.2) is 4.98 Å². The van der Waals surface area contributed by atoms with E-state index in [-0.39, 0.29) is 6.10 Å². The molecule has 0 amide bonds. The zero-order chi connectivity index (χ0) is 13.7. The summed E-state index contributed by atoms with van der Waals surface area (Å²) < 4.78 is 5.61. The summed E-state index contributed by atoms with van der Waals surface area (Å²) in [6.07, 6.45) is 7.32. The van der Waals surface area contributed by atoms with Gasteiger partial charge in [-0.1, -0.05) is 19.4 Å². The number of rotatable bonds is 5. The number of piperidine rings is 1. The molecule has 0 aliphatic carbocycles. The number of ether oxygens (including phenoxy) is 1. The second-order valence-corrected chi connectivity index (χ2v) is 5.64. The van der Waals surface area contributed by atoms with Gasteiger partial charge in [0.25, 0.3) is 0 Å². The lowest BCUT2D eigenvalue weighted by molar-refractivity contribution is 0.148. The fourth-order valence-electron chi connectivity index (χ4n) is 2.82. The van der Waals surface area contributed by atoms with Crippen LogP contribution in [0.3, 0.4) is 0 Å². The number of likely N-dealkylation sites (tertiary alicyclic amines) is 1. The van der Waals surface area contributed by atoms with E-state index in [9.17, 15) is 0 Å². The lowest BCUT2D eigenvalue weighted by Gasteiger charge is -2.35. The number of hydrogen-bond donors (Lipinski definition) is 0. The van der Waals surface area contributed by atoms with Crippen LogP contribution in [0.1, 0.15) is 58.1 Å². The molecule has 0 saturated carbocycles. The Morgan fingerprint density at radius 3 is 2.84 bits per heavy atom. The lowest BCUT2D eigenvalue weighted by atomic mass is 9.96. The van der Waals surface area contributed by atoms with Gasteiger partial charge in [0.1, 0.15) is 0 Å². The molecule has 3 heteroatoms. The molecule has 0 radical (unpaired) electrons. The van der Waals surface area contributed by atoms with E-state index in [0.29, 0.717) is 6.04 Å². The van der Waals surface area contributed by atoms with Crippen molar-refractivity contribution in [1.82, 2.24) is 9.88 Å². The van der Waals surface area contributed by atoms with Gasteiger partial charge in [-0.05, 0) is 51.8 Å². The van der Waals surface area contributed by atoms with E-state index in [2.05, 4.69) is 22.9 Å². The first kappa shape index (κ1) is 14.3. The van der Waals surface area contributed by atoms with Crippen molar-refractivity contribution in [3.8, 4) is 5.88 Å². The van der Waals surface area contributed by atoms with E-state index < -0.39 is 0 Å². The molecule has 0 N–H and O–H groups in total. The van der Waals surface area contributed by atoms with Gasteiger partial charge in [-0.3, -0.25) is 4.90 Å². The van der Waals surface area contributed by atoms with Gasteiger partial charge in [-0.15, -0.1) is 0 Å². The smallest absolute Gasteiger partial charge is 0.213 e. The third-order valence-corrected chi connectivity index (χ3v) is 3.62. The Bertz CT molecular complexity index is 373. The molecular formula is C16H26N2O. The molecule has 0 unspecified atom stereocenters. The van der Waals surface area contributed by atoms with Crippen molar-refractivity contribution in [2.45, 2.75) is 58.6 Å². The third kappa shape index (κ3) is 3.93.